The van der Waals surface area contributed by atoms with Crippen molar-refractivity contribution in [2.45, 2.75) is 17.7 Å². The van der Waals surface area contributed by atoms with E-state index < -0.39 is 28.5 Å². The molecule has 2 aromatic rings. The summed E-state index contributed by atoms with van der Waals surface area (Å²) >= 11 is 0.952. The maximum Gasteiger partial charge on any atom is 0.350 e. The fraction of sp³-hybridized carbons (Fsp3) is 0.316. The Kier molecular flexibility index (Phi) is 6.64. The summed E-state index contributed by atoms with van der Waals surface area (Å²) < 4.78 is 31.9. The van der Waals surface area contributed by atoms with Crippen LogP contribution in [0.4, 0.5) is 5.69 Å². The van der Waals surface area contributed by atoms with Gasteiger partial charge in [0.25, 0.3) is 5.91 Å². The highest BCUT2D eigenvalue weighted by molar-refractivity contribution is 7.89. The Balaban J connectivity index is 1.71. The molecule has 0 radical (unpaired) electrons. The molecular formula is C19H19N3O5S2. The molecule has 1 aliphatic heterocycles. The molecular weight excluding hydrogens is 414 g/mol. The van der Waals surface area contributed by atoms with E-state index in [1.165, 1.54) is 20.7 Å². The monoisotopic (exact) mass is 433 g/mol. The van der Waals surface area contributed by atoms with Crippen LogP contribution in [-0.4, -0.2) is 50.8 Å². The third-order valence-electron chi connectivity index (χ3n) is 4.42. The summed E-state index contributed by atoms with van der Waals surface area (Å²) in [7, 11) is -3.77. The molecule has 1 amide bonds. The largest absolute Gasteiger partial charge is 0.451 e. The Morgan fingerprint density at radius 2 is 1.86 bits per heavy atom. The normalized spacial score (nSPS) is 14.3. The number of hydrogen-bond donors (Lipinski definition) is 0. The van der Waals surface area contributed by atoms with Crippen molar-refractivity contribution in [3.8, 4) is 6.07 Å². The van der Waals surface area contributed by atoms with Gasteiger partial charge in [-0.25, -0.2) is 13.2 Å². The summed E-state index contributed by atoms with van der Waals surface area (Å²) in [6.07, 6.45) is 1.57. The smallest absolute Gasteiger partial charge is 0.350 e. The molecule has 1 aromatic carbocycles. The van der Waals surface area contributed by atoms with Gasteiger partial charge in [-0.2, -0.15) is 9.57 Å². The minimum absolute atomic E-state index is 0.0590. The molecule has 0 N–H and O–H groups in total. The standard InChI is InChI=1S/C19H19N3O5S2/c20-9-12-22(15-6-2-1-3-7-15)17(23)14-27-19(24)18-16(8-13-28-18)29(25,26)21-10-4-5-11-21/h1-3,6-8,13H,4-5,10-12,14H2. The molecule has 1 aliphatic rings. The van der Waals surface area contributed by atoms with E-state index in [1.54, 1.807) is 30.3 Å². The number of hydrogen-bond acceptors (Lipinski definition) is 7. The predicted molar refractivity (Wildman–Crippen MR) is 107 cm³/mol. The van der Waals surface area contributed by atoms with E-state index >= 15 is 0 Å². The lowest BCUT2D eigenvalue weighted by Crippen LogP contribution is -2.35. The van der Waals surface area contributed by atoms with Crippen molar-refractivity contribution in [3.63, 3.8) is 0 Å². The highest BCUT2D eigenvalue weighted by Crippen LogP contribution is 2.28. The second-order valence-electron chi connectivity index (χ2n) is 6.27. The van der Waals surface area contributed by atoms with Crippen LogP contribution in [0.25, 0.3) is 0 Å². The van der Waals surface area contributed by atoms with Crippen LogP contribution >= 0.6 is 11.3 Å². The summed E-state index contributed by atoms with van der Waals surface area (Å²) in [4.78, 5) is 26.0. The Bertz CT molecular complexity index is 1020. The fourth-order valence-electron chi connectivity index (χ4n) is 2.99. The summed E-state index contributed by atoms with van der Waals surface area (Å²) in [5, 5.41) is 10.5. The molecule has 8 nitrogen and oxygen atoms in total. The maximum atomic E-state index is 12.8. The first-order valence-corrected chi connectivity index (χ1v) is 11.2. The van der Waals surface area contributed by atoms with Gasteiger partial charge in [-0.15, -0.1) is 11.3 Å². The van der Waals surface area contributed by atoms with Crippen molar-refractivity contribution in [1.29, 1.82) is 5.26 Å². The average molecular weight is 434 g/mol. The van der Waals surface area contributed by atoms with Gasteiger partial charge in [0.1, 0.15) is 16.3 Å². The molecule has 0 saturated carbocycles. The second-order valence-corrected chi connectivity index (χ2v) is 9.10. The van der Waals surface area contributed by atoms with Gasteiger partial charge in [-0.05, 0) is 36.4 Å². The van der Waals surface area contributed by atoms with Crippen molar-refractivity contribution in [2.75, 3.05) is 31.1 Å². The number of sulfonamides is 1. The molecule has 3 rings (SSSR count). The van der Waals surface area contributed by atoms with Gasteiger partial charge >= 0.3 is 5.97 Å². The molecule has 0 unspecified atom stereocenters. The number of rotatable bonds is 7. The number of carbonyl (C=O) groups excluding carboxylic acids is 2. The third-order valence-corrected chi connectivity index (χ3v) is 7.39. The molecule has 1 aromatic heterocycles. The number of ether oxygens (including phenoxy) is 1. The molecule has 152 valence electrons. The number of amides is 1. The molecule has 2 heterocycles. The number of benzene rings is 1. The average Bonchev–Trinajstić information content (AvgIpc) is 3.43. The summed E-state index contributed by atoms with van der Waals surface area (Å²) in [6.45, 7) is 0.0429. The minimum atomic E-state index is -3.77. The van der Waals surface area contributed by atoms with Crippen molar-refractivity contribution in [1.82, 2.24) is 4.31 Å². The van der Waals surface area contributed by atoms with Crippen molar-refractivity contribution >= 4 is 38.9 Å². The van der Waals surface area contributed by atoms with Crippen molar-refractivity contribution in [2.24, 2.45) is 0 Å². The van der Waals surface area contributed by atoms with Crippen LogP contribution in [0.3, 0.4) is 0 Å². The topological polar surface area (TPSA) is 108 Å². The zero-order valence-corrected chi connectivity index (χ0v) is 17.1. The quantitative estimate of drug-likeness (QED) is 0.490. The first-order chi connectivity index (χ1) is 13.9. The first-order valence-electron chi connectivity index (χ1n) is 8.92. The highest BCUT2D eigenvalue weighted by atomic mass is 32.2. The van der Waals surface area contributed by atoms with E-state index in [0.717, 1.165) is 24.2 Å². The Morgan fingerprint density at radius 1 is 1.17 bits per heavy atom. The fourth-order valence-corrected chi connectivity index (χ4v) is 5.79. The van der Waals surface area contributed by atoms with E-state index in [9.17, 15) is 18.0 Å². The van der Waals surface area contributed by atoms with Gasteiger partial charge in [-0.1, -0.05) is 18.2 Å². The minimum Gasteiger partial charge on any atom is -0.451 e. The van der Waals surface area contributed by atoms with Crippen LogP contribution in [0.1, 0.15) is 22.5 Å². The van der Waals surface area contributed by atoms with Crippen LogP contribution in [0.15, 0.2) is 46.7 Å². The number of nitrogens with zero attached hydrogens (tertiary/aromatic N) is 3. The molecule has 0 aliphatic carbocycles. The summed E-state index contributed by atoms with van der Waals surface area (Å²) in [5.74, 6) is -1.46. The van der Waals surface area contributed by atoms with Gasteiger partial charge < -0.3 is 4.74 Å². The molecule has 10 heteroatoms. The van der Waals surface area contributed by atoms with E-state index in [2.05, 4.69) is 0 Å². The molecule has 29 heavy (non-hydrogen) atoms. The van der Waals surface area contributed by atoms with E-state index in [-0.39, 0.29) is 16.3 Å². The Morgan fingerprint density at radius 3 is 2.52 bits per heavy atom. The van der Waals surface area contributed by atoms with Crippen LogP contribution < -0.4 is 4.90 Å². The highest BCUT2D eigenvalue weighted by Gasteiger charge is 2.32. The van der Waals surface area contributed by atoms with E-state index in [1.807, 2.05) is 6.07 Å². The molecule has 1 saturated heterocycles. The Hall–Kier alpha value is -2.74. The van der Waals surface area contributed by atoms with Gasteiger partial charge in [0.2, 0.25) is 10.0 Å². The molecule has 1 fully saturated rings. The van der Waals surface area contributed by atoms with Crippen LogP contribution in [0.5, 0.6) is 0 Å². The van der Waals surface area contributed by atoms with Gasteiger partial charge in [0.05, 0.1) is 6.07 Å². The SMILES string of the molecule is N#CCN(C(=O)COC(=O)c1sccc1S(=O)(=O)N1CCCC1)c1ccccc1. The number of carbonyl (C=O) groups is 2. The van der Waals surface area contributed by atoms with Crippen LogP contribution in [0, 0.1) is 11.3 Å². The first kappa shape index (κ1) is 21.0. The number of nitriles is 1. The number of para-hydroxylation sites is 1. The maximum absolute atomic E-state index is 12.8. The lowest BCUT2D eigenvalue weighted by Gasteiger charge is -2.19. The number of thiophene rings is 1. The molecule has 0 atom stereocenters. The van der Waals surface area contributed by atoms with Crippen LogP contribution in [0.2, 0.25) is 0 Å². The molecule has 0 bridgehead atoms. The van der Waals surface area contributed by atoms with Crippen molar-refractivity contribution in [3.05, 3.63) is 46.7 Å². The van der Waals surface area contributed by atoms with Gasteiger partial charge in [-0.3, -0.25) is 9.69 Å². The predicted octanol–water partition coefficient (Wildman–Crippen LogP) is 2.25. The van der Waals surface area contributed by atoms with Gasteiger partial charge in [0, 0.05) is 18.8 Å². The van der Waals surface area contributed by atoms with Crippen LogP contribution in [-0.2, 0) is 19.6 Å². The number of anilines is 1. The Labute approximate surface area is 173 Å². The van der Waals surface area contributed by atoms with E-state index in [0.29, 0.717) is 18.8 Å². The number of esters is 1. The third kappa shape index (κ3) is 4.64. The van der Waals surface area contributed by atoms with Crippen molar-refractivity contribution < 1.29 is 22.7 Å². The lowest BCUT2D eigenvalue weighted by molar-refractivity contribution is -0.121. The van der Waals surface area contributed by atoms with Gasteiger partial charge in [0.15, 0.2) is 6.61 Å². The second kappa shape index (κ2) is 9.17. The zero-order valence-electron chi connectivity index (χ0n) is 15.5. The lowest BCUT2D eigenvalue weighted by atomic mass is 10.3. The zero-order chi connectivity index (χ0) is 20.9. The summed E-state index contributed by atoms with van der Waals surface area (Å²) in [6, 6.07) is 11.8. The summed E-state index contributed by atoms with van der Waals surface area (Å²) in [5.41, 5.74) is 0.503. The van der Waals surface area contributed by atoms with E-state index in [4.69, 9.17) is 10.00 Å². The molecule has 0 spiro atoms.